The molecule has 0 atom stereocenters. The van der Waals surface area contributed by atoms with Gasteiger partial charge in [-0.05, 0) is 24.3 Å². The summed E-state index contributed by atoms with van der Waals surface area (Å²) in [5.74, 6) is 0.415. The van der Waals surface area contributed by atoms with Gasteiger partial charge in [0.15, 0.2) is 0 Å². The van der Waals surface area contributed by atoms with Gasteiger partial charge in [-0.2, -0.15) is 0 Å². The van der Waals surface area contributed by atoms with E-state index < -0.39 is 13.5 Å². The van der Waals surface area contributed by atoms with Crippen molar-refractivity contribution in [1.82, 2.24) is 0 Å². The van der Waals surface area contributed by atoms with Crippen molar-refractivity contribution >= 4 is 38.1 Å². The molecule has 0 saturated carbocycles. The minimum Gasteiger partial charge on any atom is -0.427 e. The topological polar surface area (TPSA) is 95.6 Å². The standard InChI is InChI=1S/C22H18N3O5P/c26-25(27)19-9-11-20(12-10-19)30-31-28-15-17-5-1-3-7-21(17)23-13-14-24-22-8-4-2-6-18(22)16-29-31/h1-14H,15-16H2. The number of nitro groups is 1. The predicted octanol–water partition coefficient (Wildman–Crippen LogP) is 6.05. The lowest BCUT2D eigenvalue weighted by atomic mass is 10.2. The summed E-state index contributed by atoms with van der Waals surface area (Å²) in [6, 6.07) is 21.0. The van der Waals surface area contributed by atoms with Crippen LogP contribution in [-0.2, 0) is 22.3 Å². The molecule has 1 aliphatic heterocycles. The van der Waals surface area contributed by atoms with Crippen molar-refractivity contribution in [2.24, 2.45) is 9.98 Å². The van der Waals surface area contributed by atoms with Gasteiger partial charge in [0.05, 0.1) is 29.5 Å². The molecule has 0 N–H and O–H groups in total. The molecule has 156 valence electrons. The van der Waals surface area contributed by atoms with E-state index in [9.17, 15) is 10.1 Å². The van der Waals surface area contributed by atoms with E-state index in [-0.39, 0.29) is 18.9 Å². The molecule has 9 heteroatoms. The average molecular weight is 435 g/mol. The molecule has 3 aromatic carbocycles. The third-order valence-corrected chi connectivity index (χ3v) is 5.40. The maximum atomic E-state index is 10.9. The number of aliphatic imine (C=N–C) groups is 2. The Bertz CT molecular complexity index is 1060. The molecule has 0 radical (unpaired) electrons. The molecule has 1 aliphatic rings. The van der Waals surface area contributed by atoms with Crippen LogP contribution in [0, 0.1) is 10.1 Å². The predicted molar refractivity (Wildman–Crippen MR) is 119 cm³/mol. The molecule has 0 unspecified atom stereocenters. The van der Waals surface area contributed by atoms with Crippen molar-refractivity contribution < 1.29 is 18.5 Å². The van der Waals surface area contributed by atoms with E-state index in [4.69, 9.17) is 13.6 Å². The highest BCUT2D eigenvalue weighted by Crippen LogP contribution is 2.43. The Morgan fingerprint density at radius 1 is 0.806 bits per heavy atom. The molecule has 0 aromatic heterocycles. The van der Waals surface area contributed by atoms with Crippen LogP contribution in [0.25, 0.3) is 0 Å². The minimum absolute atomic E-state index is 0.0181. The van der Waals surface area contributed by atoms with E-state index in [1.165, 1.54) is 24.3 Å². The number of nitro benzene ring substituents is 1. The average Bonchev–Trinajstić information content (AvgIpc) is 2.81. The smallest absolute Gasteiger partial charge is 0.397 e. The van der Waals surface area contributed by atoms with Crippen LogP contribution < -0.4 is 4.52 Å². The number of para-hydroxylation sites is 2. The second-order valence-corrected chi connectivity index (χ2v) is 7.57. The van der Waals surface area contributed by atoms with Crippen molar-refractivity contribution in [3.8, 4) is 5.75 Å². The van der Waals surface area contributed by atoms with Gasteiger partial charge >= 0.3 is 8.60 Å². The lowest BCUT2D eigenvalue weighted by molar-refractivity contribution is -0.384. The molecule has 4 rings (SSSR count). The molecular weight excluding hydrogens is 417 g/mol. The van der Waals surface area contributed by atoms with Crippen molar-refractivity contribution in [3.63, 3.8) is 0 Å². The highest BCUT2D eigenvalue weighted by Gasteiger charge is 2.18. The van der Waals surface area contributed by atoms with Gasteiger partial charge in [0.2, 0.25) is 0 Å². The summed E-state index contributed by atoms with van der Waals surface area (Å²) in [5, 5.41) is 10.9. The molecule has 8 nitrogen and oxygen atoms in total. The Labute approximate surface area is 180 Å². The van der Waals surface area contributed by atoms with Crippen molar-refractivity contribution in [2.75, 3.05) is 0 Å². The zero-order chi connectivity index (χ0) is 21.5. The first-order chi connectivity index (χ1) is 15.2. The molecule has 0 spiro atoms. The van der Waals surface area contributed by atoms with Gasteiger partial charge in [0.25, 0.3) is 5.69 Å². The summed E-state index contributed by atoms with van der Waals surface area (Å²) in [4.78, 5) is 19.3. The van der Waals surface area contributed by atoms with E-state index in [1.807, 2.05) is 48.5 Å². The zero-order valence-corrected chi connectivity index (χ0v) is 17.2. The van der Waals surface area contributed by atoms with Crippen LogP contribution in [0.2, 0.25) is 0 Å². The van der Waals surface area contributed by atoms with Crippen LogP contribution in [0.5, 0.6) is 5.75 Å². The molecule has 0 saturated heterocycles. The van der Waals surface area contributed by atoms with Crippen molar-refractivity contribution in [2.45, 2.75) is 13.2 Å². The maximum absolute atomic E-state index is 10.9. The molecule has 1 heterocycles. The fraction of sp³-hybridized carbons (Fsp3) is 0.0909. The molecule has 0 bridgehead atoms. The fourth-order valence-electron chi connectivity index (χ4n) is 2.79. The van der Waals surface area contributed by atoms with Gasteiger partial charge in [0, 0.05) is 35.7 Å². The quantitative estimate of drug-likeness (QED) is 0.283. The number of hydrogen-bond acceptors (Lipinski definition) is 7. The number of rotatable bonds is 3. The lowest BCUT2D eigenvalue weighted by Gasteiger charge is -2.18. The third kappa shape index (κ3) is 5.58. The Balaban J connectivity index is 1.61. The van der Waals surface area contributed by atoms with Gasteiger partial charge in [-0.3, -0.25) is 29.1 Å². The number of non-ortho nitro benzene ring substituents is 1. The van der Waals surface area contributed by atoms with Crippen LogP contribution in [0.4, 0.5) is 17.1 Å². The second kappa shape index (κ2) is 10.0. The minimum atomic E-state index is -1.80. The van der Waals surface area contributed by atoms with E-state index in [0.717, 1.165) is 22.5 Å². The molecular formula is C22H18N3O5P. The van der Waals surface area contributed by atoms with Crippen LogP contribution in [0.1, 0.15) is 11.1 Å². The Kier molecular flexibility index (Phi) is 6.74. The molecule has 0 fully saturated rings. The number of nitrogens with zero attached hydrogens (tertiary/aromatic N) is 3. The fourth-order valence-corrected chi connectivity index (χ4v) is 3.76. The first-order valence-electron chi connectivity index (χ1n) is 9.40. The van der Waals surface area contributed by atoms with Gasteiger partial charge in [0.1, 0.15) is 5.75 Å². The maximum Gasteiger partial charge on any atom is 0.397 e. The monoisotopic (exact) mass is 435 g/mol. The van der Waals surface area contributed by atoms with Crippen LogP contribution in [0.15, 0.2) is 82.8 Å². The lowest BCUT2D eigenvalue weighted by Crippen LogP contribution is -2.00. The summed E-state index contributed by atoms with van der Waals surface area (Å²) < 4.78 is 17.8. The van der Waals surface area contributed by atoms with Crippen LogP contribution >= 0.6 is 8.60 Å². The largest absolute Gasteiger partial charge is 0.427 e. The summed E-state index contributed by atoms with van der Waals surface area (Å²) in [6.07, 6.45) is 3.29. The molecule has 0 amide bonds. The van der Waals surface area contributed by atoms with E-state index in [0.29, 0.717) is 5.75 Å². The van der Waals surface area contributed by atoms with Crippen molar-refractivity contribution in [3.05, 3.63) is 94.0 Å². The number of fused-ring (bicyclic) bond motifs is 2. The highest BCUT2D eigenvalue weighted by molar-refractivity contribution is 7.42. The highest BCUT2D eigenvalue weighted by atomic mass is 31.2. The molecule has 3 aromatic rings. The summed E-state index contributed by atoms with van der Waals surface area (Å²) in [5.41, 5.74) is 3.23. The normalized spacial score (nSPS) is 16.2. The van der Waals surface area contributed by atoms with E-state index >= 15 is 0 Å². The Hall–Kier alpha value is -3.45. The number of hydrogen-bond donors (Lipinski definition) is 0. The van der Waals surface area contributed by atoms with Gasteiger partial charge in [-0.25, -0.2) is 0 Å². The summed E-state index contributed by atoms with van der Waals surface area (Å²) in [7, 11) is -1.80. The zero-order valence-electron chi connectivity index (χ0n) is 16.3. The Morgan fingerprint density at radius 2 is 1.32 bits per heavy atom. The second-order valence-electron chi connectivity index (χ2n) is 6.43. The molecule has 31 heavy (non-hydrogen) atoms. The summed E-state index contributed by atoms with van der Waals surface area (Å²) in [6.45, 7) is 0.454. The van der Waals surface area contributed by atoms with Gasteiger partial charge < -0.3 is 4.52 Å². The first-order valence-corrected chi connectivity index (χ1v) is 10.5. The SMILES string of the molecule is O=[N+]([O-])c1ccc(OP2OCc3ccccc3N=CC=Nc3ccccc3CO2)cc1. The van der Waals surface area contributed by atoms with Crippen LogP contribution in [0.3, 0.4) is 0 Å². The van der Waals surface area contributed by atoms with Crippen LogP contribution in [-0.4, -0.2) is 17.4 Å². The van der Waals surface area contributed by atoms with Crippen molar-refractivity contribution in [1.29, 1.82) is 0 Å². The molecule has 0 aliphatic carbocycles. The third-order valence-electron chi connectivity index (χ3n) is 4.36. The van der Waals surface area contributed by atoms with E-state index in [2.05, 4.69) is 9.98 Å². The first kappa shape index (κ1) is 20.8. The van der Waals surface area contributed by atoms with E-state index in [1.54, 1.807) is 12.4 Å². The summed E-state index contributed by atoms with van der Waals surface area (Å²) >= 11 is 0. The Morgan fingerprint density at radius 3 is 1.84 bits per heavy atom. The van der Waals surface area contributed by atoms with Gasteiger partial charge in [-0.1, -0.05) is 36.4 Å². The number of benzene rings is 3. The van der Waals surface area contributed by atoms with Gasteiger partial charge in [-0.15, -0.1) is 0 Å².